The Balaban J connectivity index is 1.76. The van der Waals surface area contributed by atoms with Gasteiger partial charge in [-0.05, 0) is 12.0 Å². The molecule has 0 bridgehead atoms. The molecular formula is C19H31N3O4S. The van der Waals surface area contributed by atoms with E-state index in [0.717, 1.165) is 19.6 Å². The maximum Gasteiger partial charge on any atom is 0.223 e. The number of hydrogen-bond donors (Lipinski definition) is 0. The van der Waals surface area contributed by atoms with Crippen LogP contribution in [0.25, 0.3) is 0 Å². The van der Waals surface area contributed by atoms with Gasteiger partial charge in [0.15, 0.2) is 0 Å². The van der Waals surface area contributed by atoms with E-state index in [1.165, 1.54) is 16.1 Å². The molecule has 152 valence electrons. The first-order chi connectivity index (χ1) is 12.9. The number of carbonyl (C=O) groups is 1. The summed E-state index contributed by atoms with van der Waals surface area (Å²) >= 11 is 0. The highest BCUT2D eigenvalue weighted by molar-refractivity contribution is 7.88. The SMILES string of the molecule is COCCCN(CCC(=O)N1CCN(Cc2ccccc2)CC1)S(C)(=O)=O. The summed E-state index contributed by atoms with van der Waals surface area (Å²) in [7, 11) is -1.73. The van der Waals surface area contributed by atoms with Gasteiger partial charge in [-0.1, -0.05) is 30.3 Å². The molecule has 2 rings (SSSR count). The summed E-state index contributed by atoms with van der Waals surface area (Å²) in [6.45, 7) is 5.06. The number of hydrogen-bond acceptors (Lipinski definition) is 5. The zero-order valence-electron chi connectivity index (χ0n) is 16.3. The minimum Gasteiger partial charge on any atom is -0.385 e. The average molecular weight is 398 g/mol. The third-order valence-corrected chi connectivity index (χ3v) is 6.08. The van der Waals surface area contributed by atoms with Crippen molar-refractivity contribution < 1.29 is 17.9 Å². The highest BCUT2D eigenvalue weighted by Crippen LogP contribution is 2.10. The maximum absolute atomic E-state index is 12.5. The lowest BCUT2D eigenvalue weighted by molar-refractivity contribution is -0.133. The minimum absolute atomic E-state index is 0.0229. The van der Waals surface area contributed by atoms with Gasteiger partial charge in [0.2, 0.25) is 15.9 Å². The normalized spacial score (nSPS) is 16.0. The van der Waals surface area contributed by atoms with Crippen LogP contribution in [0.5, 0.6) is 0 Å². The second-order valence-electron chi connectivity index (χ2n) is 6.90. The summed E-state index contributed by atoms with van der Waals surface area (Å²) in [6, 6.07) is 10.3. The van der Waals surface area contributed by atoms with Crippen molar-refractivity contribution in [2.75, 3.05) is 59.2 Å². The third-order valence-electron chi connectivity index (χ3n) is 4.77. The van der Waals surface area contributed by atoms with E-state index in [1.807, 2.05) is 23.1 Å². The zero-order chi connectivity index (χ0) is 19.7. The van der Waals surface area contributed by atoms with Crippen molar-refractivity contribution in [1.82, 2.24) is 14.1 Å². The van der Waals surface area contributed by atoms with Gasteiger partial charge in [0.25, 0.3) is 0 Å². The molecule has 0 aliphatic carbocycles. The molecule has 1 heterocycles. The first-order valence-corrected chi connectivity index (χ1v) is 11.2. The molecule has 8 heteroatoms. The van der Waals surface area contributed by atoms with Crippen LogP contribution in [0.3, 0.4) is 0 Å². The van der Waals surface area contributed by atoms with Crippen LogP contribution in [0.2, 0.25) is 0 Å². The number of amides is 1. The van der Waals surface area contributed by atoms with Gasteiger partial charge in [-0.15, -0.1) is 0 Å². The van der Waals surface area contributed by atoms with Crippen LogP contribution in [0.15, 0.2) is 30.3 Å². The number of rotatable bonds is 10. The highest BCUT2D eigenvalue weighted by Gasteiger charge is 2.23. The number of nitrogens with zero attached hydrogens (tertiary/aromatic N) is 3. The predicted molar refractivity (Wildman–Crippen MR) is 106 cm³/mol. The first kappa shape index (κ1) is 21.8. The van der Waals surface area contributed by atoms with Crippen LogP contribution in [0.4, 0.5) is 0 Å². The van der Waals surface area contributed by atoms with Crippen molar-refractivity contribution >= 4 is 15.9 Å². The van der Waals surface area contributed by atoms with Crippen molar-refractivity contribution in [2.45, 2.75) is 19.4 Å². The van der Waals surface area contributed by atoms with Gasteiger partial charge in [0.1, 0.15) is 0 Å². The summed E-state index contributed by atoms with van der Waals surface area (Å²) in [6.07, 6.45) is 2.03. The van der Waals surface area contributed by atoms with E-state index in [9.17, 15) is 13.2 Å². The van der Waals surface area contributed by atoms with Gasteiger partial charge in [-0.3, -0.25) is 9.69 Å². The van der Waals surface area contributed by atoms with Gasteiger partial charge in [-0.2, -0.15) is 0 Å². The largest absolute Gasteiger partial charge is 0.385 e. The predicted octanol–water partition coefficient (Wildman–Crippen LogP) is 1.02. The Hall–Kier alpha value is -1.48. The number of methoxy groups -OCH3 is 1. The Labute approximate surface area is 162 Å². The molecule has 1 aromatic rings. The summed E-state index contributed by atoms with van der Waals surface area (Å²) in [5.41, 5.74) is 1.28. The number of sulfonamides is 1. The van der Waals surface area contributed by atoms with Crippen LogP contribution in [-0.2, 0) is 26.1 Å². The van der Waals surface area contributed by atoms with Crippen molar-refractivity contribution in [3.8, 4) is 0 Å². The average Bonchev–Trinajstić information content (AvgIpc) is 2.65. The fraction of sp³-hybridized carbons (Fsp3) is 0.632. The number of benzene rings is 1. The fourth-order valence-corrected chi connectivity index (χ4v) is 4.09. The molecule has 0 N–H and O–H groups in total. The van der Waals surface area contributed by atoms with E-state index in [-0.39, 0.29) is 18.9 Å². The summed E-state index contributed by atoms with van der Waals surface area (Å²) < 4.78 is 30.1. The Morgan fingerprint density at radius 3 is 2.37 bits per heavy atom. The van der Waals surface area contributed by atoms with E-state index in [4.69, 9.17) is 4.74 Å². The van der Waals surface area contributed by atoms with Crippen LogP contribution >= 0.6 is 0 Å². The Kier molecular flexibility index (Phi) is 8.69. The number of piperazine rings is 1. The van der Waals surface area contributed by atoms with E-state index in [0.29, 0.717) is 32.7 Å². The summed E-state index contributed by atoms with van der Waals surface area (Å²) in [4.78, 5) is 16.7. The Bertz CT molecular complexity index is 673. The van der Waals surface area contributed by atoms with Gasteiger partial charge < -0.3 is 9.64 Å². The van der Waals surface area contributed by atoms with Crippen LogP contribution in [0, 0.1) is 0 Å². The van der Waals surface area contributed by atoms with Gasteiger partial charge >= 0.3 is 0 Å². The zero-order valence-corrected chi connectivity index (χ0v) is 17.2. The van der Waals surface area contributed by atoms with E-state index >= 15 is 0 Å². The van der Waals surface area contributed by atoms with Gasteiger partial charge in [0.05, 0.1) is 6.26 Å². The molecule has 1 aliphatic heterocycles. The van der Waals surface area contributed by atoms with Gasteiger partial charge in [0, 0.05) is 66.0 Å². The standard InChI is InChI=1S/C19H31N3O4S/c1-26-16-6-10-22(27(2,24)25)11-9-19(23)21-14-12-20(13-15-21)17-18-7-4-3-5-8-18/h3-5,7-8H,6,9-17H2,1-2H3. The Morgan fingerprint density at radius 2 is 1.78 bits per heavy atom. The van der Waals surface area contributed by atoms with Crippen molar-refractivity contribution in [1.29, 1.82) is 0 Å². The van der Waals surface area contributed by atoms with E-state index < -0.39 is 10.0 Å². The lowest BCUT2D eigenvalue weighted by atomic mass is 10.2. The molecule has 1 amide bonds. The topological polar surface area (TPSA) is 70.2 Å². The smallest absolute Gasteiger partial charge is 0.223 e. The lowest BCUT2D eigenvalue weighted by Crippen LogP contribution is -2.49. The fourth-order valence-electron chi connectivity index (χ4n) is 3.20. The van der Waals surface area contributed by atoms with Crippen LogP contribution in [-0.4, -0.2) is 87.7 Å². The molecule has 0 atom stereocenters. The molecule has 1 aromatic carbocycles. The molecule has 27 heavy (non-hydrogen) atoms. The lowest BCUT2D eigenvalue weighted by Gasteiger charge is -2.35. The number of ether oxygens (including phenoxy) is 1. The summed E-state index contributed by atoms with van der Waals surface area (Å²) in [5.74, 6) is 0.0229. The molecule has 0 unspecified atom stereocenters. The molecule has 0 spiro atoms. The molecule has 0 radical (unpaired) electrons. The van der Waals surface area contributed by atoms with Crippen molar-refractivity contribution in [2.24, 2.45) is 0 Å². The molecule has 7 nitrogen and oxygen atoms in total. The second-order valence-corrected chi connectivity index (χ2v) is 8.88. The van der Waals surface area contributed by atoms with Gasteiger partial charge in [-0.25, -0.2) is 12.7 Å². The van der Waals surface area contributed by atoms with Crippen LogP contribution < -0.4 is 0 Å². The third kappa shape index (κ3) is 7.57. The number of carbonyl (C=O) groups excluding carboxylic acids is 1. The van der Waals surface area contributed by atoms with Crippen molar-refractivity contribution in [3.63, 3.8) is 0 Å². The molecule has 0 aromatic heterocycles. The molecule has 1 saturated heterocycles. The monoisotopic (exact) mass is 397 g/mol. The summed E-state index contributed by atoms with van der Waals surface area (Å²) in [5, 5.41) is 0. The van der Waals surface area contributed by atoms with E-state index in [2.05, 4.69) is 17.0 Å². The highest BCUT2D eigenvalue weighted by atomic mass is 32.2. The molecule has 0 saturated carbocycles. The molecule has 1 fully saturated rings. The molecular weight excluding hydrogens is 366 g/mol. The second kappa shape index (κ2) is 10.8. The van der Waals surface area contributed by atoms with Crippen LogP contribution in [0.1, 0.15) is 18.4 Å². The Morgan fingerprint density at radius 1 is 1.11 bits per heavy atom. The minimum atomic E-state index is -3.32. The van der Waals surface area contributed by atoms with E-state index in [1.54, 1.807) is 7.11 Å². The first-order valence-electron chi connectivity index (χ1n) is 9.38. The molecule has 1 aliphatic rings. The quantitative estimate of drug-likeness (QED) is 0.552. The van der Waals surface area contributed by atoms with Crippen molar-refractivity contribution in [3.05, 3.63) is 35.9 Å². The maximum atomic E-state index is 12.5.